The van der Waals surface area contributed by atoms with Crippen molar-refractivity contribution < 1.29 is 57.5 Å². The third-order valence-electron chi connectivity index (χ3n) is 4.42. The Balaban J connectivity index is 2.97. The second-order valence-corrected chi connectivity index (χ2v) is 12.2. The smallest absolute Gasteiger partial charge is 0.366 e. The van der Waals surface area contributed by atoms with Gasteiger partial charge in [-0.25, -0.2) is 4.39 Å². The van der Waals surface area contributed by atoms with Crippen LogP contribution in [0.5, 0.6) is 0 Å². The number of benzene rings is 2. The molecule has 0 aliphatic carbocycles. The topological polar surface area (TPSA) is 55.1 Å². The molecule has 1 amide bonds. The highest BCUT2D eigenvalue weighted by molar-refractivity contribution is 9.58. The van der Waals surface area contributed by atoms with Crippen LogP contribution in [-0.2, 0) is 0 Å². The summed E-state index contributed by atoms with van der Waals surface area (Å²) in [5, 5.41) is -11.9. The highest BCUT2D eigenvalue weighted by Crippen LogP contribution is 2.88. The molecule has 3 N–H and O–H groups in total. The summed E-state index contributed by atoms with van der Waals surface area (Å²) < 4.78 is 165. The molecule has 2 aromatic rings. The lowest BCUT2D eigenvalue weighted by Crippen LogP contribution is -2.60. The first kappa shape index (κ1) is 28.9. The largest absolute Gasteiger partial charge is 0.463 e. The van der Waals surface area contributed by atoms with E-state index in [0.717, 1.165) is 30.3 Å². The molecule has 1 unspecified atom stereocenters. The maximum Gasteiger partial charge on any atom is 0.463 e. The van der Waals surface area contributed by atoms with E-state index in [4.69, 9.17) is 5.73 Å². The van der Waals surface area contributed by atoms with Crippen LogP contribution in [0, 0.1) is 0 Å². The highest BCUT2D eigenvalue weighted by atomic mass is 79.9. The number of nitrogens with two attached hydrogens (primary N) is 1. The summed E-state index contributed by atoms with van der Waals surface area (Å²) in [5.74, 6) is -1.05. The van der Waals surface area contributed by atoms with Crippen LogP contribution < -0.4 is 11.1 Å². The fourth-order valence-corrected chi connectivity index (χ4v) is 7.90. The maximum atomic E-state index is 15.1. The van der Waals surface area contributed by atoms with E-state index in [2.05, 4.69) is 5.32 Å². The molecule has 17 heteroatoms. The molecule has 0 saturated heterocycles. The van der Waals surface area contributed by atoms with Gasteiger partial charge in [0.1, 0.15) is 0 Å². The maximum absolute atomic E-state index is 15.1. The van der Waals surface area contributed by atoms with Crippen molar-refractivity contribution in [2.75, 3.05) is 5.32 Å². The third kappa shape index (κ3) is 4.63. The van der Waals surface area contributed by atoms with Gasteiger partial charge in [0.15, 0.2) is 0 Å². The van der Waals surface area contributed by atoms with E-state index >= 15 is 4.39 Å². The molecule has 3 nitrogen and oxygen atoms in total. The molecule has 0 radical (unpaired) electrons. The molecule has 0 aliphatic rings. The zero-order chi connectivity index (χ0) is 27.3. The molecule has 196 valence electrons. The van der Waals surface area contributed by atoms with E-state index in [9.17, 15) is 53.1 Å². The van der Waals surface area contributed by atoms with Crippen LogP contribution in [0.2, 0.25) is 0 Å². The van der Waals surface area contributed by atoms with E-state index in [1.54, 1.807) is 0 Å². The first-order chi connectivity index (χ1) is 15.6. The lowest BCUT2D eigenvalue weighted by molar-refractivity contribution is -0.308. The molecule has 0 heterocycles. The van der Waals surface area contributed by atoms with Gasteiger partial charge in [-0.15, -0.1) is 0 Å². The zero-order valence-corrected chi connectivity index (χ0v) is 18.8. The molecule has 0 saturated carbocycles. The van der Waals surface area contributed by atoms with Crippen LogP contribution in [0.1, 0.15) is 10.4 Å². The second-order valence-electron chi connectivity index (χ2n) is 6.71. The van der Waals surface area contributed by atoms with Gasteiger partial charge in [0.25, 0.3) is 0 Å². The average molecular weight is 611 g/mol. The predicted octanol–water partition coefficient (Wildman–Crippen LogP) is 7.95. The number of primary amides is 1. The number of para-hydroxylation sites is 1. The van der Waals surface area contributed by atoms with Crippen LogP contribution >= 0.6 is 23.3 Å². The minimum atomic E-state index is -7.28. The van der Waals surface area contributed by atoms with Crippen molar-refractivity contribution in [1.29, 1.82) is 0 Å². The molecule has 2 rings (SSSR count). The van der Waals surface area contributed by atoms with Gasteiger partial charge in [-0.2, -0.15) is 48.3 Å². The number of carbonyl (C=O) groups is 1. The van der Waals surface area contributed by atoms with Crippen LogP contribution in [0.3, 0.4) is 0 Å². The molecule has 2 aromatic carbocycles. The summed E-state index contributed by atoms with van der Waals surface area (Å²) >= 11 is 1.33. The molecule has 0 spiro atoms. The average Bonchev–Trinajstić information content (AvgIpc) is 2.70. The Hall–Kier alpha value is -2.30. The van der Waals surface area contributed by atoms with Crippen molar-refractivity contribution in [1.82, 2.24) is 0 Å². The Morgan fingerprint density at radius 1 is 0.771 bits per heavy atom. The third-order valence-corrected chi connectivity index (χ3v) is 11.2. The van der Waals surface area contributed by atoms with E-state index in [0.29, 0.717) is 12.1 Å². The van der Waals surface area contributed by atoms with Crippen molar-refractivity contribution >= 4 is 40.6 Å². The Bertz CT molecular complexity index is 1090. The zero-order valence-electron chi connectivity index (χ0n) is 16.4. The number of rotatable bonds is 6. The lowest BCUT2D eigenvalue weighted by Gasteiger charge is -2.50. The Kier molecular flexibility index (Phi) is 7.42. The highest BCUT2D eigenvalue weighted by Gasteiger charge is 2.88. The van der Waals surface area contributed by atoms with Crippen molar-refractivity contribution in [3.05, 3.63) is 54.1 Å². The Morgan fingerprint density at radius 3 is 1.74 bits per heavy atom. The molecule has 1 atom stereocenters. The normalized spacial score (nSPS) is 16.4. The summed E-state index contributed by atoms with van der Waals surface area (Å²) in [6, 6.07) is 6.16. The summed E-state index contributed by atoms with van der Waals surface area (Å²) in [6.45, 7) is 0. The van der Waals surface area contributed by atoms with Crippen LogP contribution in [0.25, 0.3) is 0 Å². The van der Waals surface area contributed by atoms with Gasteiger partial charge in [0.2, 0.25) is 5.91 Å². The quantitative estimate of drug-likeness (QED) is 0.326. The van der Waals surface area contributed by atoms with Gasteiger partial charge < -0.3 is 11.1 Å². The van der Waals surface area contributed by atoms with Gasteiger partial charge in [0, 0.05) is 16.1 Å². The molecular formula is C18H11BrF12N2OS. The standard InChI is InChI=1S/C18H11BrF12N2OS/c19-35(18(30,31)17(27,28)29,14(20,15(21,22)23)16(24,25)26)12-7-2-1-6-11(12)33-10-5-3-4-9(8-10)13(32)34/h1-8,33H,(H2,32,34). The van der Waals surface area contributed by atoms with Crippen LogP contribution in [0.15, 0.2) is 53.4 Å². The molecule has 0 bridgehead atoms. The van der Waals surface area contributed by atoms with E-state index in [1.807, 2.05) is 0 Å². The number of carbonyl (C=O) groups excluding carboxylic acids is 1. The summed E-state index contributed by atoms with van der Waals surface area (Å²) in [6.07, 6.45) is -21.6. The summed E-state index contributed by atoms with van der Waals surface area (Å²) in [4.78, 5) is 9.30. The van der Waals surface area contributed by atoms with Crippen LogP contribution in [0.4, 0.5) is 64.1 Å². The first-order valence-electron chi connectivity index (χ1n) is 8.68. The van der Waals surface area contributed by atoms with Gasteiger partial charge in [-0.05, 0) is 53.6 Å². The van der Waals surface area contributed by atoms with Crippen molar-refractivity contribution in [3.8, 4) is 0 Å². The number of nitrogens with one attached hydrogen (secondary N) is 1. The fraction of sp³-hybridized carbons (Fsp3) is 0.278. The Labute approximate surface area is 197 Å². The molecular weight excluding hydrogens is 600 g/mol. The number of hydrogen-bond acceptors (Lipinski definition) is 2. The van der Waals surface area contributed by atoms with Crippen molar-refractivity contribution in [2.45, 2.75) is 33.7 Å². The predicted molar refractivity (Wildman–Crippen MR) is 106 cm³/mol. The van der Waals surface area contributed by atoms with Gasteiger partial charge >= 0.3 is 28.8 Å². The van der Waals surface area contributed by atoms with E-state index in [-0.39, 0.29) is 17.3 Å². The van der Waals surface area contributed by atoms with Crippen molar-refractivity contribution in [2.24, 2.45) is 5.73 Å². The molecule has 0 aromatic heterocycles. The fourth-order valence-electron chi connectivity index (χ4n) is 2.83. The number of hydrogen-bond donors (Lipinski definition) is 2. The minimum Gasteiger partial charge on any atom is -0.366 e. The molecule has 0 fully saturated rings. The van der Waals surface area contributed by atoms with Crippen molar-refractivity contribution in [3.63, 3.8) is 0 Å². The first-order valence-corrected chi connectivity index (χ1v) is 12.2. The number of halogens is 13. The SMILES string of the molecule is NC(=O)c1cccc(Nc2ccccc2S(Br)(C(F)(F)C(F)(F)F)C(F)(C(F)(F)F)C(F)(F)F)c1. The van der Waals surface area contributed by atoms with E-state index < -0.39 is 53.7 Å². The van der Waals surface area contributed by atoms with Gasteiger partial charge in [-0.1, -0.05) is 18.2 Å². The second kappa shape index (κ2) is 8.97. The molecule has 35 heavy (non-hydrogen) atoms. The number of amides is 1. The summed E-state index contributed by atoms with van der Waals surface area (Å²) in [5.41, 5.74) is 3.25. The van der Waals surface area contributed by atoms with Gasteiger partial charge in [-0.3, -0.25) is 4.79 Å². The Morgan fingerprint density at radius 2 is 1.29 bits per heavy atom. The number of alkyl halides is 12. The monoisotopic (exact) mass is 610 g/mol. The van der Waals surface area contributed by atoms with Gasteiger partial charge in [0.05, 0.1) is 5.69 Å². The van der Waals surface area contributed by atoms with Crippen LogP contribution in [-0.4, -0.2) is 34.7 Å². The lowest BCUT2D eigenvalue weighted by atomic mass is 10.2. The molecule has 0 aliphatic heterocycles. The van der Waals surface area contributed by atoms with E-state index in [1.165, 1.54) is 14.8 Å². The minimum absolute atomic E-state index is 0.0653. The summed E-state index contributed by atoms with van der Waals surface area (Å²) in [7, 11) is -7.10. The number of anilines is 2.